The maximum atomic E-state index is 12.5. The van der Waals surface area contributed by atoms with E-state index in [4.69, 9.17) is 0 Å². The van der Waals surface area contributed by atoms with E-state index in [1.807, 2.05) is 13.0 Å². The molecule has 0 atom stereocenters. The van der Waals surface area contributed by atoms with Crippen molar-refractivity contribution in [1.82, 2.24) is 0 Å². The number of hydrogen-bond acceptors (Lipinski definition) is 0. The summed E-state index contributed by atoms with van der Waals surface area (Å²) in [6.45, 7) is 5.67. The van der Waals surface area contributed by atoms with Crippen molar-refractivity contribution in [1.29, 1.82) is 0 Å². The summed E-state index contributed by atoms with van der Waals surface area (Å²) in [6.07, 6.45) is 0.742. The maximum absolute atomic E-state index is 12.5. The fourth-order valence-corrected chi connectivity index (χ4v) is 0.939. The van der Waals surface area contributed by atoms with Gasteiger partial charge in [0.15, 0.2) is 0 Å². The van der Waals surface area contributed by atoms with Gasteiger partial charge in [-0.05, 0) is 25.0 Å². The first kappa shape index (κ1) is 7.99. The Labute approximate surface area is 66.4 Å². The second kappa shape index (κ2) is 3.33. The molecular formula is C10H10F. The molecule has 0 bridgehead atoms. The van der Waals surface area contributed by atoms with Crippen molar-refractivity contribution in [3.63, 3.8) is 0 Å². The molecule has 0 aliphatic carbocycles. The quantitative estimate of drug-likeness (QED) is 0.567. The third-order valence-electron chi connectivity index (χ3n) is 1.34. The normalized spacial score (nSPS) is 9.64. The number of hydrogen-bond donors (Lipinski definition) is 0. The van der Waals surface area contributed by atoms with Gasteiger partial charge < -0.3 is 0 Å². The molecule has 0 unspecified atom stereocenters. The van der Waals surface area contributed by atoms with Gasteiger partial charge in [0.1, 0.15) is 5.82 Å². The molecule has 0 aromatic heterocycles. The summed E-state index contributed by atoms with van der Waals surface area (Å²) in [7, 11) is 0. The first-order chi connectivity index (χ1) is 5.18. The van der Waals surface area contributed by atoms with Gasteiger partial charge >= 0.3 is 0 Å². The second-order valence-corrected chi connectivity index (χ2v) is 2.68. The highest BCUT2D eigenvalue weighted by molar-refractivity contribution is 5.20. The Bertz CT molecular complexity index is 263. The Morgan fingerprint density at radius 1 is 1.73 bits per heavy atom. The van der Waals surface area contributed by atoms with Crippen LogP contribution in [0.4, 0.5) is 4.39 Å². The summed E-state index contributed by atoms with van der Waals surface area (Å²) < 4.78 is 12.5. The number of benzene rings is 1. The lowest BCUT2D eigenvalue weighted by molar-refractivity contribution is 0.623. The minimum absolute atomic E-state index is 0.302. The minimum atomic E-state index is -0.302. The number of halogens is 1. The highest BCUT2D eigenvalue weighted by atomic mass is 19.1. The van der Waals surface area contributed by atoms with Gasteiger partial charge in [-0.15, -0.1) is 0 Å². The molecule has 1 radical (unpaired) electrons. The molecule has 57 valence electrons. The van der Waals surface area contributed by atoms with Crippen molar-refractivity contribution in [2.75, 3.05) is 0 Å². The molecule has 0 amide bonds. The van der Waals surface area contributed by atoms with Gasteiger partial charge in [0.05, 0.1) is 0 Å². The smallest absolute Gasteiger partial charge is 0.131 e. The van der Waals surface area contributed by atoms with Crippen molar-refractivity contribution >= 4 is 0 Å². The first-order valence-corrected chi connectivity index (χ1v) is 3.49. The van der Waals surface area contributed by atoms with Crippen LogP contribution in [0.15, 0.2) is 30.4 Å². The van der Waals surface area contributed by atoms with Crippen LogP contribution in [0.1, 0.15) is 12.5 Å². The zero-order valence-electron chi connectivity index (χ0n) is 6.52. The molecule has 0 nitrogen and oxygen atoms in total. The van der Waals surface area contributed by atoms with Crippen LogP contribution in [-0.2, 0) is 6.42 Å². The number of rotatable bonds is 2. The third kappa shape index (κ3) is 2.54. The zero-order chi connectivity index (χ0) is 8.27. The molecule has 0 fully saturated rings. The first-order valence-electron chi connectivity index (χ1n) is 3.49. The Hall–Kier alpha value is -1.11. The Balaban J connectivity index is 2.79. The molecule has 0 N–H and O–H groups in total. The van der Waals surface area contributed by atoms with Crippen LogP contribution in [0, 0.1) is 11.9 Å². The fourth-order valence-electron chi connectivity index (χ4n) is 0.939. The van der Waals surface area contributed by atoms with Crippen molar-refractivity contribution < 1.29 is 4.39 Å². The predicted octanol–water partition coefficient (Wildman–Crippen LogP) is 2.74. The van der Waals surface area contributed by atoms with E-state index in [9.17, 15) is 4.39 Å². The van der Waals surface area contributed by atoms with Crippen molar-refractivity contribution in [2.45, 2.75) is 13.3 Å². The maximum Gasteiger partial charge on any atom is 0.131 e. The zero-order valence-corrected chi connectivity index (χ0v) is 6.52. The van der Waals surface area contributed by atoms with Crippen molar-refractivity contribution in [3.8, 4) is 0 Å². The van der Waals surface area contributed by atoms with Gasteiger partial charge in [-0.1, -0.05) is 24.3 Å². The molecule has 11 heavy (non-hydrogen) atoms. The molecule has 0 saturated carbocycles. The highest BCUT2D eigenvalue weighted by Crippen LogP contribution is 2.07. The molecule has 0 aliphatic heterocycles. The van der Waals surface area contributed by atoms with Gasteiger partial charge in [-0.2, -0.15) is 0 Å². The monoisotopic (exact) mass is 149 g/mol. The molecule has 0 aliphatic rings. The lowest BCUT2D eigenvalue weighted by Crippen LogP contribution is -1.86. The van der Waals surface area contributed by atoms with Gasteiger partial charge in [0.25, 0.3) is 0 Å². The summed E-state index contributed by atoms with van der Waals surface area (Å²) in [5.74, 6) is -0.302. The van der Waals surface area contributed by atoms with E-state index in [0.717, 1.165) is 17.6 Å². The molecule has 0 heterocycles. The summed E-state index contributed by atoms with van der Waals surface area (Å²) in [4.78, 5) is 0. The van der Waals surface area contributed by atoms with Gasteiger partial charge in [0.2, 0.25) is 0 Å². The van der Waals surface area contributed by atoms with Crippen LogP contribution >= 0.6 is 0 Å². The summed E-state index contributed by atoms with van der Waals surface area (Å²) in [5.41, 5.74) is 1.99. The summed E-state index contributed by atoms with van der Waals surface area (Å²) in [5, 5.41) is 0. The molecule has 1 rings (SSSR count). The highest BCUT2D eigenvalue weighted by Gasteiger charge is 1.94. The van der Waals surface area contributed by atoms with Crippen LogP contribution in [0.2, 0.25) is 0 Å². The van der Waals surface area contributed by atoms with E-state index in [-0.39, 0.29) is 5.82 Å². The van der Waals surface area contributed by atoms with Crippen LogP contribution < -0.4 is 0 Å². The van der Waals surface area contributed by atoms with E-state index < -0.39 is 0 Å². The Kier molecular flexibility index (Phi) is 2.42. The van der Waals surface area contributed by atoms with Gasteiger partial charge in [0, 0.05) is 6.07 Å². The van der Waals surface area contributed by atoms with E-state index in [1.54, 1.807) is 6.07 Å². The van der Waals surface area contributed by atoms with Gasteiger partial charge in [-0.3, -0.25) is 0 Å². The van der Waals surface area contributed by atoms with Crippen molar-refractivity contribution in [3.05, 3.63) is 47.8 Å². The average molecular weight is 149 g/mol. The average Bonchev–Trinajstić information content (AvgIpc) is 1.85. The van der Waals surface area contributed by atoms with E-state index in [2.05, 4.69) is 12.6 Å². The van der Waals surface area contributed by atoms with Crippen LogP contribution in [0.25, 0.3) is 0 Å². The largest absolute Gasteiger partial charge is 0.206 e. The molecule has 1 aromatic rings. The fraction of sp³-hybridized carbons (Fsp3) is 0.200. The van der Waals surface area contributed by atoms with Gasteiger partial charge in [-0.25, -0.2) is 4.39 Å². The third-order valence-corrected chi connectivity index (χ3v) is 1.34. The topological polar surface area (TPSA) is 0 Å². The van der Waals surface area contributed by atoms with Crippen LogP contribution in [0.5, 0.6) is 0 Å². The van der Waals surface area contributed by atoms with Crippen LogP contribution in [-0.4, -0.2) is 0 Å². The Morgan fingerprint density at radius 3 is 3.00 bits per heavy atom. The number of allylic oxidation sites excluding steroid dienone is 1. The minimum Gasteiger partial charge on any atom is -0.206 e. The Morgan fingerprint density at radius 2 is 2.45 bits per heavy atom. The molecule has 1 aromatic carbocycles. The summed E-state index contributed by atoms with van der Waals surface area (Å²) >= 11 is 0. The molecule has 0 saturated heterocycles. The predicted molar refractivity (Wildman–Crippen MR) is 43.8 cm³/mol. The molecular weight excluding hydrogens is 139 g/mol. The second-order valence-electron chi connectivity index (χ2n) is 2.68. The molecule has 0 spiro atoms. The van der Waals surface area contributed by atoms with Crippen LogP contribution in [0.3, 0.4) is 0 Å². The summed E-state index contributed by atoms with van der Waals surface area (Å²) in [6, 6.07) is 7.37. The SMILES string of the molecule is C=C(C)Cc1cc[c]c(F)c1. The lowest BCUT2D eigenvalue weighted by atomic mass is 10.1. The lowest BCUT2D eigenvalue weighted by Gasteiger charge is -1.98. The molecule has 1 heteroatoms. The standard InChI is InChI=1S/C10H10F/c1-8(2)6-9-4-3-5-10(11)7-9/h3-4,7H,1,6H2,2H3. The van der Waals surface area contributed by atoms with Crippen molar-refractivity contribution in [2.24, 2.45) is 0 Å². The van der Waals surface area contributed by atoms with E-state index in [1.165, 1.54) is 6.07 Å². The van der Waals surface area contributed by atoms with E-state index in [0.29, 0.717) is 0 Å². The van der Waals surface area contributed by atoms with E-state index >= 15 is 0 Å².